The molecule has 0 radical (unpaired) electrons. The van der Waals surface area contributed by atoms with Gasteiger partial charge < -0.3 is 36.7 Å². The number of H-pyrrole nitrogens is 1. The van der Waals surface area contributed by atoms with Gasteiger partial charge in [-0.05, 0) is 18.1 Å². The second kappa shape index (κ2) is 10.2. The summed E-state index contributed by atoms with van der Waals surface area (Å²) < 4.78 is 0. The van der Waals surface area contributed by atoms with Crippen molar-refractivity contribution < 1.29 is 39.3 Å². The molecule has 0 saturated carbocycles. The normalized spacial score (nSPS) is 13.7. The third-order valence-corrected chi connectivity index (χ3v) is 4.46. The number of benzene rings is 1. The number of carboxylic acid groups (broad SMARTS) is 3. The van der Waals surface area contributed by atoms with Gasteiger partial charge in [-0.2, -0.15) is 0 Å². The number of hydrogen-bond acceptors (Lipinski definition) is 6. The lowest BCUT2D eigenvalue weighted by atomic mass is 10.0. The van der Waals surface area contributed by atoms with Crippen LogP contribution in [-0.4, -0.2) is 68.2 Å². The predicted octanol–water partition coefficient (Wildman–Crippen LogP) is -0.959. The highest BCUT2D eigenvalue weighted by atomic mass is 16.4. The highest BCUT2D eigenvalue weighted by Gasteiger charge is 2.30. The first-order valence-electron chi connectivity index (χ1n) is 9.16. The average molecular weight is 434 g/mol. The maximum absolute atomic E-state index is 12.5. The van der Waals surface area contributed by atoms with E-state index >= 15 is 0 Å². The number of carbonyl (C=O) groups excluding carboxylic acids is 2. The topological polar surface area (TPSA) is 212 Å². The SMILES string of the molecule is NC(Cc1c[nH]c2ccccc12)C(=O)NC(CC(=O)O)C(=O)NC(CC(=O)O)C(=O)O. The molecule has 166 valence electrons. The Labute approximate surface area is 175 Å². The second-order valence-electron chi connectivity index (χ2n) is 6.83. The van der Waals surface area contributed by atoms with Crippen LogP contribution in [0.15, 0.2) is 30.5 Å². The summed E-state index contributed by atoms with van der Waals surface area (Å²) in [5, 5.41) is 31.8. The molecule has 31 heavy (non-hydrogen) atoms. The third-order valence-electron chi connectivity index (χ3n) is 4.46. The van der Waals surface area contributed by atoms with Gasteiger partial charge in [0.1, 0.15) is 12.1 Å². The summed E-state index contributed by atoms with van der Waals surface area (Å²) in [7, 11) is 0. The van der Waals surface area contributed by atoms with Crippen LogP contribution in [0.1, 0.15) is 18.4 Å². The van der Waals surface area contributed by atoms with E-state index in [9.17, 15) is 24.0 Å². The zero-order chi connectivity index (χ0) is 23.1. The smallest absolute Gasteiger partial charge is 0.326 e. The molecule has 0 aliphatic carbocycles. The number of aromatic amines is 1. The number of aliphatic carboxylic acids is 3. The molecule has 0 bridgehead atoms. The first kappa shape index (κ1) is 23.3. The standard InChI is InChI=1S/C19H22N4O8/c20-11(5-9-8-21-12-4-2-1-3-10(9)12)17(28)22-13(6-15(24)25)18(29)23-14(19(30)31)7-16(26)27/h1-4,8,11,13-14,21H,5-7,20H2,(H,22,28)(H,23,29)(H,24,25)(H,26,27)(H,30,31). The summed E-state index contributed by atoms with van der Waals surface area (Å²) in [6.07, 6.45) is 0.00229. The van der Waals surface area contributed by atoms with Gasteiger partial charge >= 0.3 is 17.9 Å². The molecule has 0 spiro atoms. The Balaban J connectivity index is 2.08. The van der Waals surface area contributed by atoms with E-state index in [-0.39, 0.29) is 6.42 Å². The minimum absolute atomic E-state index is 0.0913. The number of carbonyl (C=O) groups is 5. The van der Waals surface area contributed by atoms with Gasteiger partial charge in [0.25, 0.3) is 0 Å². The third kappa shape index (κ3) is 6.54. The van der Waals surface area contributed by atoms with Crippen LogP contribution >= 0.6 is 0 Å². The van der Waals surface area contributed by atoms with E-state index in [0.29, 0.717) is 0 Å². The van der Waals surface area contributed by atoms with Crippen molar-refractivity contribution in [1.82, 2.24) is 15.6 Å². The summed E-state index contributed by atoms with van der Waals surface area (Å²) in [5.41, 5.74) is 7.50. The lowest BCUT2D eigenvalue weighted by Crippen LogP contribution is -2.55. The van der Waals surface area contributed by atoms with E-state index in [1.165, 1.54) is 0 Å². The van der Waals surface area contributed by atoms with Gasteiger partial charge in [-0.3, -0.25) is 19.2 Å². The van der Waals surface area contributed by atoms with Gasteiger partial charge in [-0.1, -0.05) is 18.2 Å². The summed E-state index contributed by atoms with van der Waals surface area (Å²) in [4.78, 5) is 60.8. The Kier molecular flexibility index (Phi) is 7.69. The first-order valence-corrected chi connectivity index (χ1v) is 9.16. The van der Waals surface area contributed by atoms with Crippen molar-refractivity contribution in [2.24, 2.45) is 5.73 Å². The summed E-state index contributed by atoms with van der Waals surface area (Å²) in [6.45, 7) is 0. The van der Waals surface area contributed by atoms with E-state index in [1.807, 2.05) is 29.6 Å². The minimum atomic E-state index is -1.79. The molecule has 3 atom stereocenters. The maximum atomic E-state index is 12.5. The molecule has 0 saturated heterocycles. The van der Waals surface area contributed by atoms with Crippen LogP contribution in [0.25, 0.3) is 10.9 Å². The fourth-order valence-corrected chi connectivity index (χ4v) is 2.94. The van der Waals surface area contributed by atoms with Crippen LogP contribution in [0.2, 0.25) is 0 Å². The number of rotatable bonds is 11. The Hall–Kier alpha value is -3.93. The van der Waals surface area contributed by atoms with Crippen molar-refractivity contribution in [1.29, 1.82) is 0 Å². The molecular formula is C19H22N4O8. The summed E-state index contributed by atoms with van der Waals surface area (Å²) in [5.74, 6) is -6.50. The molecule has 0 fully saturated rings. The van der Waals surface area contributed by atoms with E-state index in [1.54, 1.807) is 6.20 Å². The molecule has 3 unspecified atom stereocenters. The molecule has 1 aromatic heterocycles. The molecule has 0 aliphatic rings. The Morgan fingerprint density at radius 2 is 1.48 bits per heavy atom. The fraction of sp³-hybridized carbons (Fsp3) is 0.316. The molecular weight excluding hydrogens is 412 g/mol. The van der Waals surface area contributed by atoms with E-state index in [2.05, 4.69) is 10.3 Å². The molecule has 2 aromatic rings. The van der Waals surface area contributed by atoms with Crippen LogP contribution < -0.4 is 16.4 Å². The van der Waals surface area contributed by atoms with Gasteiger partial charge in [0.15, 0.2) is 0 Å². The summed E-state index contributed by atoms with van der Waals surface area (Å²) >= 11 is 0. The number of carboxylic acids is 3. The largest absolute Gasteiger partial charge is 0.481 e. The first-order chi connectivity index (χ1) is 14.6. The molecule has 2 rings (SSSR count). The van der Waals surface area contributed by atoms with Gasteiger partial charge in [0.2, 0.25) is 11.8 Å². The van der Waals surface area contributed by atoms with Gasteiger partial charge in [0, 0.05) is 17.1 Å². The Morgan fingerprint density at radius 3 is 2.10 bits per heavy atom. The summed E-state index contributed by atoms with van der Waals surface area (Å²) in [6, 6.07) is 2.76. The molecule has 12 nitrogen and oxygen atoms in total. The van der Waals surface area contributed by atoms with Gasteiger partial charge in [-0.15, -0.1) is 0 Å². The molecule has 1 aromatic carbocycles. The molecule has 8 N–H and O–H groups in total. The van der Waals surface area contributed by atoms with Crippen LogP contribution in [0.3, 0.4) is 0 Å². The van der Waals surface area contributed by atoms with Crippen molar-refractivity contribution in [3.63, 3.8) is 0 Å². The van der Waals surface area contributed by atoms with Crippen molar-refractivity contribution >= 4 is 40.6 Å². The van der Waals surface area contributed by atoms with Crippen molar-refractivity contribution in [3.8, 4) is 0 Å². The quantitative estimate of drug-likeness (QED) is 0.232. The number of nitrogens with one attached hydrogen (secondary N) is 3. The molecule has 12 heteroatoms. The fourth-order valence-electron chi connectivity index (χ4n) is 2.94. The van der Waals surface area contributed by atoms with Crippen molar-refractivity contribution in [2.45, 2.75) is 37.4 Å². The number of nitrogens with two attached hydrogens (primary N) is 1. The Morgan fingerprint density at radius 1 is 0.903 bits per heavy atom. The lowest BCUT2D eigenvalue weighted by Gasteiger charge is -2.21. The van der Waals surface area contributed by atoms with E-state index < -0.39 is 60.7 Å². The number of aromatic nitrogens is 1. The highest BCUT2D eigenvalue weighted by molar-refractivity contribution is 5.95. The number of fused-ring (bicyclic) bond motifs is 1. The van der Waals surface area contributed by atoms with Gasteiger partial charge in [0.05, 0.1) is 18.9 Å². The monoisotopic (exact) mass is 434 g/mol. The van der Waals surface area contributed by atoms with Crippen LogP contribution in [0, 0.1) is 0 Å². The highest BCUT2D eigenvalue weighted by Crippen LogP contribution is 2.18. The number of para-hydroxylation sites is 1. The number of hydrogen-bond donors (Lipinski definition) is 7. The van der Waals surface area contributed by atoms with Crippen LogP contribution in [0.4, 0.5) is 0 Å². The zero-order valence-electron chi connectivity index (χ0n) is 16.2. The predicted molar refractivity (Wildman–Crippen MR) is 106 cm³/mol. The number of amides is 2. The van der Waals surface area contributed by atoms with Crippen molar-refractivity contribution in [3.05, 3.63) is 36.0 Å². The maximum Gasteiger partial charge on any atom is 0.326 e. The van der Waals surface area contributed by atoms with Crippen LogP contribution in [-0.2, 0) is 30.4 Å². The Bertz CT molecular complexity index is 1000. The average Bonchev–Trinajstić information content (AvgIpc) is 3.09. The van der Waals surface area contributed by atoms with Crippen molar-refractivity contribution in [2.75, 3.05) is 0 Å². The minimum Gasteiger partial charge on any atom is -0.481 e. The molecule has 0 aliphatic heterocycles. The van der Waals surface area contributed by atoms with Gasteiger partial charge in [-0.25, -0.2) is 4.79 Å². The molecule has 2 amide bonds. The van der Waals surface area contributed by atoms with Crippen LogP contribution in [0.5, 0.6) is 0 Å². The van der Waals surface area contributed by atoms with E-state index in [4.69, 9.17) is 21.1 Å². The molecule has 1 heterocycles. The second-order valence-corrected chi connectivity index (χ2v) is 6.83. The van der Waals surface area contributed by atoms with E-state index in [0.717, 1.165) is 16.5 Å². The zero-order valence-corrected chi connectivity index (χ0v) is 16.2. The lowest BCUT2D eigenvalue weighted by molar-refractivity contribution is -0.148.